The van der Waals surface area contributed by atoms with Crippen LogP contribution in [0.4, 0.5) is 11.6 Å². The van der Waals surface area contributed by atoms with Crippen LogP contribution in [-0.4, -0.2) is 27.8 Å². The maximum Gasteiger partial charge on any atom is 0.255 e. The van der Waals surface area contributed by atoms with Gasteiger partial charge in [0.05, 0.1) is 18.4 Å². The number of benzene rings is 3. The van der Waals surface area contributed by atoms with E-state index in [0.717, 1.165) is 21.5 Å². The number of carbonyl (C=O) groups is 1. The van der Waals surface area contributed by atoms with Gasteiger partial charge in [-0.15, -0.1) is 5.10 Å². The number of nitrogens with zero attached hydrogens (tertiary/aromatic N) is 3. The van der Waals surface area contributed by atoms with E-state index < -0.39 is 6.04 Å². The van der Waals surface area contributed by atoms with Crippen molar-refractivity contribution >= 4 is 45.2 Å². The molecule has 7 nitrogen and oxygen atoms in total. The molecule has 4 aromatic rings. The molecule has 0 saturated heterocycles. The lowest BCUT2D eigenvalue weighted by molar-refractivity contribution is -0.113. The van der Waals surface area contributed by atoms with E-state index >= 15 is 0 Å². The number of anilines is 2. The molecule has 0 saturated carbocycles. The molecule has 3 aromatic carbocycles. The van der Waals surface area contributed by atoms with Crippen molar-refractivity contribution in [1.82, 2.24) is 14.8 Å². The van der Waals surface area contributed by atoms with Gasteiger partial charge in [0, 0.05) is 15.9 Å². The number of nitrogens with one attached hydrogen (secondary N) is 2. The second-order valence-corrected chi connectivity index (χ2v) is 11.0. The Hall–Kier alpha value is -3.56. The first-order valence-corrected chi connectivity index (χ1v) is 13.9. The van der Waals surface area contributed by atoms with Crippen molar-refractivity contribution in [1.29, 1.82) is 0 Å². The highest BCUT2D eigenvalue weighted by Crippen LogP contribution is 2.38. The third-order valence-electron chi connectivity index (χ3n) is 6.47. The summed E-state index contributed by atoms with van der Waals surface area (Å²) < 4.78 is 8.20. The molecule has 1 amide bonds. The number of amides is 1. The molecule has 0 unspecified atom stereocenters. The number of halogens is 1. The second-order valence-electron chi connectivity index (χ2n) is 9.15. The van der Waals surface area contributed by atoms with Crippen LogP contribution in [0.2, 0.25) is 0 Å². The summed E-state index contributed by atoms with van der Waals surface area (Å²) >= 11 is 5.10. The summed E-state index contributed by atoms with van der Waals surface area (Å²) in [7, 11) is 1.58. The third kappa shape index (κ3) is 5.35. The van der Waals surface area contributed by atoms with E-state index in [-0.39, 0.29) is 5.91 Å². The number of rotatable bonds is 7. The number of methoxy groups -OCH3 is 1. The quantitative estimate of drug-likeness (QED) is 0.228. The molecule has 1 aliphatic rings. The van der Waals surface area contributed by atoms with Crippen LogP contribution in [0.1, 0.15) is 35.2 Å². The Balaban J connectivity index is 1.49. The lowest BCUT2D eigenvalue weighted by atomic mass is 9.95. The average molecular weight is 591 g/mol. The summed E-state index contributed by atoms with van der Waals surface area (Å²) in [6.07, 6.45) is 0. The van der Waals surface area contributed by atoms with E-state index in [0.29, 0.717) is 28.1 Å². The predicted octanol–water partition coefficient (Wildman–Crippen LogP) is 6.89. The first kappa shape index (κ1) is 26.1. The van der Waals surface area contributed by atoms with Gasteiger partial charge in [0.25, 0.3) is 5.91 Å². The molecular formula is C29H28BrN5O2S. The van der Waals surface area contributed by atoms with Crippen LogP contribution in [0.15, 0.2) is 87.6 Å². The zero-order valence-corrected chi connectivity index (χ0v) is 24.0. The maximum absolute atomic E-state index is 13.7. The summed E-state index contributed by atoms with van der Waals surface area (Å²) in [5.41, 5.74) is 6.55. The Labute approximate surface area is 234 Å². The number of aromatic nitrogens is 3. The topological polar surface area (TPSA) is 81.1 Å². The molecule has 0 radical (unpaired) electrons. The van der Waals surface area contributed by atoms with E-state index in [1.807, 2.05) is 55.5 Å². The molecule has 0 bridgehead atoms. The first-order valence-electron chi connectivity index (χ1n) is 12.2. The van der Waals surface area contributed by atoms with E-state index in [1.54, 1.807) is 23.6 Å². The van der Waals surface area contributed by atoms with Gasteiger partial charge in [0.2, 0.25) is 11.1 Å². The number of allylic oxidation sites excluding steroid dienone is 1. The minimum atomic E-state index is -0.461. The maximum atomic E-state index is 13.7. The molecule has 2 N–H and O–H groups in total. The van der Waals surface area contributed by atoms with Crippen LogP contribution in [0.5, 0.6) is 5.75 Å². The number of ether oxygens (including phenoxy) is 1. The van der Waals surface area contributed by atoms with Crippen molar-refractivity contribution in [3.8, 4) is 5.75 Å². The fraction of sp³-hybridized carbons (Fsp3) is 0.207. The molecule has 0 fully saturated rings. The smallest absolute Gasteiger partial charge is 0.255 e. The van der Waals surface area contributed by atoms with E-state index in [4.69, 9.17) is 14.8 Å². The molecule has 0 spiro atoms. The van der Waals surface area contributed by atoms with Crippen LogP contribution >= 0.6 is 27.7 Å². The molecule has 2 heterocycles. The first-order chi connectivity index (χ1) is 18.3. The van der Waals surface area contributed by atoms with Crippen LogP contribution in [-0.2, 0) is 10.5 Å². The fourth-order valence-electron chi connectivity index (χ4n) is 4.53. The highest BCUT2D eigenvalue weighted by atomic mass is 79.9. The summed E-state index contributed by atoms with van der Waals surface area (Å²) in [5.74, 6) is 1.71. The Bertz CT molecular complexity index is 1530. The molecule has 5 rings (SSSR count). The highest BCUT2D eigenvalue weighted by Gasteiger charge is 2.34. The SMILES string of the molecule is COc1ccccc1NC(=O)C1=C(C)Nc2nc(SCc3ccc(C)cc3C)nn2[C@H]1c1ccc(Br)cc1. The molecule has 0 aliphatic carbocycles. The zero-order chi connectivity index (χ0) is 26.8. The van der Waals surface area contributed by atoms with Crippen molar-refractivity contribution in [2.75, 3.05) is 17.7 Å². The van der Waals surface area contributed by atoms with Crippen LogP contribution in [0.25, 0.3) is 0 Å². The molecule has 1 atom stereocenters. The Kier molecular flexibility index (Phi) is 7.58. The van der Waals surface area contributed by atoms with Gasteiger partial charge in [0.1, 0.15) is 11.8 Å². The van der Waals surface area contributed by atoms with E-state index in [2.05, 4.69) is 58.6 Å². The second kappa shape index (κ2) is 11.0. The lowest BCUT2D eigenvalue weighted by Gasteiger charge is -2.28. The van der Waals surface area contributed by atoms with Crippen molar-refractivity contribution in [2.45, 2.75) is 37.7 Å². The summed E-state index contributed by atoms with van der Waals surface area (Å²) in [6.45, 7) is 6.11. The molecule has 1 aromatic heterocycles. The standard InChI is InChI=1S/C29H28BrN5O2S/c1-17-9-10-21(18(2)15-17)16-38-29-33-28-31-19(3)25(27(36)32-23-7-5-6-8-24(23)37-4)26(35(28)34-29)20-11-13-22(30)14-12-20/h5-15,26H,16H2,1-4H3,(H,32,36)(H,31,33,34)/t26-/m0/s1. The lowest BCUT2D eigenvalue weighted by Crippen LogP contribution is -2.31. The van der Waals surface area contributed by atoms with Crippen molar-refractivity contribution in [2.24, 2.45) is 0 Å². The van der Waals surface area contributed by atoms with Gasteiger partial charge >= 0.3 is 0 Å². The number of para-hydroxylation sites is 2. The molecule has 1 aliphatic heterocycles. The highest BCUT2D eigenvalue weighted by molar-refractivity contribution is 9.10. The minimum Gasteiger partial charge on any atom is -0.495 e. The number of hydrogen-bond acceptors (Lipinski definition) is 6. The van der Waals surface area contributed by atoms with E-state index in [9.17, 15) is 4.79 Å². The normalized spacial score (nSPS) is 14.6. The summed E-state index contributed by atoms with van der Waals surface area (Å²) in [6, 6.07) is 21.3. The monoisotopic (exact) mass is 589 g/mol. The number of thioether (sulfide) groups is 1. The summed E-state index contributed by atoms with van der Waals surface area (Å²) in [4.78, 5) is 18.5. The summed E-state index contributed by atoms with van der Waals surface area (Å²) in [5, 5.41) is 11.8. The van der Waals surface area contributed by atoms with Gasteiger partial charge in [-0.3, -0.25) is 4.79 Å². The van der Waals surface area contributed by atoms with Gasteiger partial charge in [-0.25, -0.2) is 4.68 Å². The van der Waals surface area contributed by atoms with Crippen molar-refractivity contribution < 1.29 is 9.53 Å². The average Bonchev–Trinajstić information content (AvgIpc) is 3.30. The van der Waals surface area contributed by atoms with Gasteiger partial charge < -0.3 is 15.4 Å². The Morgan fingerprint density at radius 1 is 1.11 bits per heavy atom. The minimum absolute atomic E-state index is 0.238. The van der Waals surface area contributed by atoms with Crippen LogP contribution in [0, 0.1) is 13.8 Å². The Morgan fingerprint density at radius 2 is 1.87 bits per heavy atom. The fourth-order valence-corrected chi connectivity index (χ4v) is 5.70. The van der Waals surface area contributed by atoms with Gasteiger partial charge in [-0.1, -0.05) is 75.7 Å². The molecule has 194 valence electrons. The predicted molar refractivity (Wildman–Crippen MR) is 156 cm³/mol. The third-order valence-corrected chi connectivity index (χ3v) is 7.89. The number of aryl methyl sites for hydroxylation is 2. The van der Waals surface area contributed by atoms with Crippen molar-refractivity contribution in [3.05, 3.63) is 105 Å². The van der Waals surface area contributed by atoms with Gasteiger partial charge in [-0.05, 0) is 61.7 Å². The van der Waals surface area contributed by atoms with Crippen molar-refractivity contribution in [3.63, 3.8) is 0 Å². The molecule has 9 heteroatoms. The van der Waals surface area contributed by atoms with Crippen LogP contribution in [0.3, 0.4) is 0 Å². The van der Waals surface area contributed by atoms with Crippen LogP contribution < -0.4 is 15.4 Å². The van der Waals surface area contributed by atoms with Gasteiger partial charge in [0.15, 0.2) is 0 Å². The number of hydrogen-bond donors (Lipinski definition) is 2. The number of carbonyl (C=O) groups excluding carboxylic acids is 1. The molecule has 38 heavy (non-hydrogen) atoms. The van der Waals surface area contributed by atoms with E-state index in [1.165, 1.54) is 16.7 Å². The number of fused-ring (bicyclic) bond motifs is 1. The molecular weight excluding hydrogens is 562 g/mol. The Morgan fingerprint density at radius 3 is 2.61 bits per heavy atom. The van der Waals surface area contributed by atoms with Gasteiger partial charge in [-0.2, -0.15) is 4.98 Å². The largest absolute Gasteiger partial charge is 0.495 e. The zero-order valence-electron chi connectivity index (χ0n) is 21.6.